The molecule has 0 saturated heterocycles. The van der Waals surface area contributed by atoms with Crippen molar-refractivity contribution in [3.05, 3.63) is 23.8 Å². The van der Waals surface area contributed by atoms with Gasteiger partial charge in [-0.2, -0.15) is 11.8 Å². The van der Waals surface area contributed by atoms with Gasteiger partial charge in [0, 0.05) is 24.1 Å². The highest BCUT2D eigenvalue weighted by molar-refractivity contribution is 7.98. The van der Waals surface area contributed by atoms with Crippen molar-refractivity contribution in [2.75, 3.05) is 25.7 Å². The summed E-state index contributed by atoms with van der Waals surface area (Å²) < 4.78 is 11.9. The van der Waals surface area contributed by atoms with Crippen LogP contribution in [0.25, 0.3) is 0 Å². The van der Waals surface area contributed by atoms with E-state index in [9.17, 15) is 0 Å². The molecular weight excluding hydrogens is 270 g/mol. The summed E-state index contributed by atoms with van der Waals surface area (Å²) in [5, 5.41) is 3.37. The first kappa shape index (κ1) is 15.5. The van der Waals surface area contributed by atoms with Gasteiger partial charge in [0.05, 0.1) is 6.61 Å². The summed E-state index contributed by atoms with van der Waals surface area (Å²) in [6.45, 7) is 5.02. The number of hydrogen-bond donors (Lipinski definition) is 1. The van der Waals surface area contributed by atoms with Crippen molar-refractivity contribution < 1.29 is 9.47 Å². The predicted octanol–water partition coefficient (Wildman–Crippen LogP) is 3.64. The van der Waals surface area contributed by atoms with Gasteiger partial charge in [-0.15, -0.1) is 0 Å². The lowest BCUT2D eigenvalue weighted by molar-refractivity contribution is 0.0671. The highest BCUT2D eigenvalue weighted by Crippen LogP contribution is 2.40. The molecule has 3 nitrogen and oxygen atoms in total. The minimum absolute atomic E-state index is 0.141. The van der Waals surface area contributed by atoms with E-state index in [-0.39, 0.29) is 5.60 Å². The predicted molar refractivity (Wildman–Crippen MR) is 86.1 cm³/mol. The third-order valence-corrected chi connectivity index (χ3v) is 4.25. The number of rotatable bonds is 6. The highest BCUT2D eigenvalue weighted by atomic mass is 32.2. The number of nitrogens with one attached hydrogen (secondary N) is 1. The molecule has 0 amide bonds. The van der Waals surface area contributed by atoms with E-state index in [1.807, 2.05) is 30.9 Å². The molecular formula is C16H25NO2S. The van der Waals surface area contributed by atoms with Gasteiger partial charge in [-0.25, -0.2) is 0 Å². The number of hydrogen-bond acceptors (Lipinski definition) is 4. The first-order chi connectivity index (χ1) is 9.55. The fourth-order valence-electron chi connectivity index (χ4n) is 2.57. The first-order valence-electron chi connectivity index (χ1n) is 7.18. The van der Waals surface area contributed by atoms with E-state index in [4.69, 9.17) is 9.47 Å². The van der Waals surface area contributed by atoms with Crippen LogP contribution in [-0.2, 0) is 0 Å². The van der Waals surface area contributed by atoms with Gasteiger partial charge in [0.2, 0.25) is 0 Å². The van der Waals surface area contributed by atoms with E-state index in [1.165, 1.54) is 5.56 Å². The zero-order valence-electron chi connectivity index (χ0n) is 12.9. The lowest BCUT2D eigenvalue weighted by Crippen LogP contribution is -2.38. The molecule has 0 radical (unpaired) electrons. The fourth-order valence-corrected chi connectivity index (χ4v) is 2.98. The maximum atomic E-state index is 6.10. The molecule has 1 unspecified atom stereocenters. The molecule has 0 saturated carbocycles. The lowest BCUT2D eigenvalue weighted by atomic mass is 9.90. The summed E-state index contributed by atoms with van der Waals surface area (Å²) in [4.78, 5) is 0. The van der Waals surface area contributed by atoms with Crippen molar-refractivity contribution in [1.82, 2.24) is 5.32 Å². The molecule has 1 aliphatic heterocycles. The van der Waals surface area contributed by atoms with Gasteiger partial charge in [-0.3, -0.25) is 0 Å². The lowest BCUT2D eigenvalue weighted by Gasteiger charge is -2.37. The van der Waals surface area contributed by atoms with Crippen LogP contribution in [0.15, 0.2) is 18.2 Å². The quantitative estimate of drug-likeness (QED) is 0.812. The molecule has 2 rings (SSSR count). The largest absolute Gasteiger partial charge is 0.493 e. The van der Waals surface area contributed by atoms with E-state index >= 15 is 0 Å². The van der Waals surface area contributed by atoms with Crippen molar-refractivity contribution in [2.24, 2.45) is 0 Å². The Morgan fingerprint density at radius 2 is 2.25 bits per heavy atom. The molecule has 4 heteroatoms. The van der Waals surface area contributed by atoms with Crippen LogP contribution in [0.4, 0.5) is 0 Å². The monoisotopic (exact) mass is 295 g/mol. The number of benzene rings is 1. The summed E-state index contributed by atoms with van der Waals surface area (Å²) >= 11 is 1.85. The standard InChI is InChI=1S/C16H25NO2S/c1-16(2)11-14(17-3)13-7-6-12(10-15(13)19-16)18-8-5-9-20-4/h6-7,10,14,17H,5,8-9,11H2,1-4H3. The van der Waals surface area contributed by atoms with E-state index in [2.05, 4.69) is 31.5 Å². The first-order valence-corrected chi connectivity index (χ1v) is 8.57. The Hall–Kier alpha value is -0.870. The fraction of sp³-hybridized carbons (Fsp3) is 0.625. The smallest absolute Gasteiger partial charge is 0.128 e. The van der Waals surface area contributed by atoms with E-state index in [0.29, 0.717) is 6.04 Å². The average Bonchev–Trinajstić information content (AvgIpc) is 2.41. The Kier molecular flexibility index (Phi) is 5.22. The Bertz CT molecular complexity index is 448. The van der Waals surface area contributed by atoms with E-state index < -0.39 is 0 Å². The molecule has 1 aromatic carbocycles. The topological polar surface area (TPSA) is 30.5 Å². The molecule has 20 heavy (non-hydrogen) atoms. The molecule has 112 valence electrons. The Morgan fingerprint density at radius 3 is 2.95 bits per heavy atom. The van der Waals surface area contributed by atoms with Crippen molar-refractivity contribution >= 4 is 11.8 Å². The second kappa shape index (κ2) is 6.72. The molecule has 0 bridgehead atoms. The summed E-state index contributed by atoms with van der Waals surface area (Å²) in [5.74, 6) is 2.98. The van der Waals surface area contributed by atoms with Crippen LogP contribution in [0, 0.1) is 0 Å². The molecule has 0 fully saturated rings. The molecule has 0 spiro atoms. The van der Waals surface area contributed by atoms with Gasteiger partial charge in [-0.1, -0.05) is 6.07 Å². The van der Waals surface area contributed by atoms with Crippen molar-refractivity contribution in [3.8, 4) is 11.5 Å². The van der Waals surface area contributed by atoms with Crippen molar-refractivity contribution in [3.63, 3.8) is 0 Å². The van der Waals surface area contributed by atoms with Crippen LogP contribution in [0.5, 0.6) is 11.5 Å². The molecule has 1 aliphatic rings. The van der Waals surface area contributed by atoms with Gasteiger partial charge in [0.15, 0.2) is 0 Å². The summed E-state index contributed by atoms with van der Waals surface area (Å²) in [5.41, 5.74) is 1.08. The Morgan fingerprint density at radius 1 is 1.45 bits per heavy atom. The zero-order valence-corrected chi connectivity index (χ0v) is 13.7. The van der Waals surface area contributed by atoms with Crippen LogP contribution in [0.3, 0.4) is 0 Å². The second-order valence-corrected chi connectivity index (χ2v) is 6.79. The molecule has 0 aliphatic carbocycles. The van der Waals surface area contributed by atoms with Gasteiger partial charge in [0.1, 0.15) is 17.1 Å². The van der Waals surface area contributed by atoms with Crippen LogP contribution < -0.4 is 14.8 Å². The number of ether oxygens (including phenoxy) is 2. The van der Waals surface area contributed by atoms with Gasteiger partial charge in [-0.05, 0) is 45.4 Å². The van der Waals surface area contributed by atoms with Gasteiger partial charge < -0.3 is 14.8 Å². The summed E-state index contributed by atoms with van der Waals surface area (Å²) in [6.07, 6.45) is 4.17. The highest BCUT2D eigenvalue weighted by Gasteiger charge is 2.33. The molecule has 1 heterocycles. The number of thioether (sulfide) groups is 1. The van der Waals surface area contributed by atoms with E-state index in [1.54, 1.807) is 0 Å². The SMILES string of the molecule is CNC1CC(C)(C)Oc2cc(OCCCSC)ccc21. The zero-order chi connectivity index (χ0) is 14.6. The normalized spacial score (nSPS) is 20.1. The summed E-state index contributed by atoms with van der Waals surface area (Å²) in [6, 6.07) is 6.54. The van der Waals surface area contributed by atoms with Crippen LogP contribution in [-0.4, -0.2) is 31.3 Å². The molecule has 0 aromatic heterocycles. The summed E-state index contributed by atoms with van der Waals surface area (Å²) in [7, 11) is 2.00. The molecule has 1 atom stereocenters. The van der Waals surface area contributed by atoms with Gasteiger partial charge in [0.25, 0.3) is 0 Å². The van der Waals surface area contributed by atoms with Crippen LogP contribution in [0.1, 0.15) is 38.3 Å². The maximum absolute atomic E-state index is 6.10. The van der Waals surface area contributed by atoms with E-state index in [0.717, 1.165) is 36.7 Å². The second-order valence-electron chi connectivity index (χ2n) is 5.80. The molecule has 1 aromatic rings. The third kappa shape index (κ3) is 3.83. The average molecular weight is 295 g/mol. The van der Waals surface area contributed by atoms with Crippen molar-refractivity contribution in [2.45, 2.75) is 38.3 Å². The van der Waals surface area contributed by atoms with Crippen LogP contribution in [0.2, 0.25) is 0 Å². The minimum Gasteiger partial charge on any atom is -0.493 e. The maximum Gasteiger partial charge on any atom is 0.128 e. The van der Waals surface area contributed by atoms with Gasteiger partial charge >= 0.3 is 0 Å². The molecule has 1 N–H and O–H groups in total. The Labute approximate surface area is 126 Å². The number of fused-ring (bicyclic) bond motifs is 1. The third-order valence-electron chi connectivity index (χ3n) is 3.55. The van der Waals surface area contributed by atoms with Crippen molar-refractivity contribution in [1.29, 1.82) is 0 Å². The van der Waals surface area contributed by atoms with Crippen LogP contribution >= 0.6 is 11.8 Å². The minimum atomic E-state index is -0.141. The Balaban J connectivity index is 2.09.